The molecule has 6 nitrogen and oxygen atoms in total. The van der Waals surface area contributed by atoms with Gasteiger partial charge in [-0.1, -0.05) is 6.07 Å². The molecule has 2 atom stereocenters. The molecule has 2 aromatic heterocycles. The van der Waals surface area contributed by atoms with Crippen LogP contribution in [0.25, 0.3) is 0 Å². The quantitative estimate of drug-likeness (QED) is 0.584. The van der Waals surface area contributed by atoms with Gasteiger partial charge in [-0.3, -0.25) is 5.41 Å². The molecule has 0 saturated heterocycles. The van der Waals surface area contributed by atoms with Crippen molar-refractivity contribution in [2.24, 2.45) is 0 Å². The van der Waals surface area contributed by atoms with Gasteiger partial charge in [0.15, 0.2) is 0 Å². The number of aliphatic hydroxyl groups is 1. The Balaban J connectivity index is 1.75. The Morgan fingerprint density at radius 2 is 2.17 bits per heavy atom. The molecule has 1 aliphatic heterocycles. The largest absolute Gasteiger partial charge is 0.381 e. The summed E-state index contributed by atoms with van der Waals surface area (Å²) < 4.78 is 30.6. The maximum absolute atomic E-state index is 14.7. The highest BCUT2D eigenvalue weighted by Crippen LogP contribution is 2.37. The second-order valence-corrected chi connectivity index (χ2v) is 9.45. The third-order valence-electron chi connectivity index (χ3n) is 5.33. The Hall–Kier alpha value is -2.17. The molecule has 0 fully saturated rings. The highest BCUT2D eigenvalue weighted by atomic mass is 79.9. The van der Waals surface area contributed by atoms with E-state index in [1.807, 2.05) is 6.07 Å². The van der Waals surface area contributed by atoms with Crippen LogP contribution in [0.2, 0.25) is 0 Å². The van der Waals surface area contributed by atoms with Crippen molar-refractivity contribution in [3.05, 3.63) is 68.3 Å². The summed E-state index contributed by atoms with van der Waals surface area (Å²) in [5.41, 5.74) is -0.750. The number of nitrogens with one attached hydrogen (secondary N) is 1. The minimum Gasteiger partial charge on any atom is -0.381 e. The van der Waals surface area contributed by atoms with Crippen molar-refractivity contribution in [1.29, 1.82) is 5.41 Å². The number of nitrogens with zero attached hydrogens (tertiary/aromatic N) is 4. The second kappa shape index (κ2) is 7.58. The highest BCUT2D eigenvalue weighted by Gasteiger charge is 2.44. The number of thiophene rings is 1. The lowest BCUT2D eigenvalue weighted by Crippen LogP contribution is -2.55. The first-order valence-corrected chi connectivity index (χ1v) is 10.5. The molecule has 0 spiro atoms. The summed E-state index contributed by atoms with van der Waals surface area (Å²) in [5, 5.41) is 24.4. The second-order valence-electron chi connectivity index (χ2n) is 7.01. The molecule has 10 heteroatoms. The fourth-order valence-corrected chi connectivity index (χ4v) is 5.42. The van der Waals surface area contributed by atoms with Crippen molar-refractivity contribution in [3.63, 3.8) is 0 Å². The van der Waals surface area contributed by atoms with Crippen LogP contribution in [0.15, 0.2) is 40.7 Å². The number of amidine groups is 1. The van der Waals surface area contributed by atoms with Crippen LogP contribution in [0.3, 0.4) is 0 Å². The van der Waals surface area contributed by atoms with Crippen LogP contribution in [0, 0.1) is 17.0 Å². The van der Waals surface area contributed by atoms with E-state index in [1.165, 1.54) is 34.7 Å². The first kappa shape index (κ1) is 20.1. The van der Waals surface area contributed by atoms with Gasteiger partial charge in [0, 0.05) is 18.2 Å². The molecule has 0 radical (unpaired) electrons. The maximum Gasteiger partial charge on any atom is 0.139 e. The van der Waals surface area contributed by atoms with Crippen LogP contribution in [-0.4, -0.2) is 43.2 Å². The lowest BCUT2D eigenvalue weighted by molar-refractivity contribution is -0.0463. The number of aromatic nitrogens is 3. The molecule has 0 aliphatic carbocycles. The maximum atomic E-state index is 14.7. The van der Waals surface area contributed by atoms with Gasteiger partial charge in [-0.05, 0) is 47.0 Å². The minimum absolute atomic E-state index is 0.0483. The predicted octanol–water partition coefficient (Wildman–Crippen LogP) is 3.54. The van der Waals surface area contributed by atoms with Crippen molar-refractivity contribution in [2.45, 2.75) is 31.5 Å². The lowest BCUT2D eigenvalue weighted by Gasteiger charge is -2.43. The fraction of sp³-hybridized carbons (Fsp3) is 0.316. The average molecular weight is 482 g/mol. The Morgan fingerprint density at radius 3 is 2.86 bits per heavy atom. The predicted molar refractivity (Wildman–Crippen MR) is 109 cm³/mol. The van der Waals surface area contributed by atoms with Gasteiger partial charge < -0.3 is 10.0 Å². The summed E-state index contributed by atoms with van der Waals surface area (Å²) in [6.45, 7) is 2.14. The molecular formula is C19H18BrF2N5OS. The molecule has 29 heavy (non-hydrogen) atoms. The molecule has 3 heterocycles. The van der Waals surface area contributed by atoms with Gasteiger partial charge in [-0.25, -0.2) is 18.4 Å². The van der Waals surface area contributed by atoms with Crippen molar-refractivity contribution < 1.29 is 13.9 Å². The topological polar surface area (TPSA) is 78.0 Å². The molecule has 0 unspecified atom stereocenters. The van der Waals surface area contributed by atoms with E-state index in [1.54, 1.807) is 11.8 Å². The number of benzene rings is 1. The Bertz CT molecular complexity index is 1060. The molecular weight excluding hydrogens is 464 g/mol. The van der Waals surface area contributed by atoms with E-state index in [0.717, 1.165) is 26.4 Å². The summed E-state index contributed by atoms with van der Waals surface area (Å²) in [7, 11) is 0. The number of hydrogen-bond acceptors (Lipinski definition) is 5. The minimum atomic E-state index is -1.77. The molecule has 2 N–H and O–H groups in total. The number of halogens is 3. The summed E-state index contributed by atoms with van der Waals surface area (Å²) in [6.07, 6.45) is 3.45. The van der Waals surface area contributed by atoms with Crippen LogP contribution in [0.1, 0.15) is 22.9 Å². The zero-order valence-electron chi connectivity index (χ0n) is 15.4. The van der Waals surface area contributed by atoms with Crippen LogP contribution in [-0.2, 0) is 18.6 Å². The van der Waals surface area contributed by atoms with Gasteiger partial charge in [0.05, 0.1) is 21.3 Å². The van der Waals surface area contributed by atoms with Crippen molar-refractivity contribution in [2.75, 3.05) is 6.54 Å². The molecule has 3 aromatic rings. The first-order valence-electron chi connectivity index (χ1n) is 8.93. The van der Waals surface area contributed by atoms with E-state index in [4.69, 9.17) is 5.41 Å². The average Bonchev–Trinajstić information content (AvgIpc) is 3.30. The molecule has 0 bridgehead atoms. The van der Waals surface area contributed by atoms with Crippen LogP contribution in [0.4, 0.5) is 8.78 Å². The van der Waals surface area contributed by atoms with E-state index in [2.05, 4.69) is 26.0 Å². The lowest BCUT2D eigenvalue weighted by atomic mass is 9.84. The fourth-order valence-electron chi connectivity index (χ4n) is 3.75. The van der Waals surface area contributed by atoms with Gasteiger partial charge in [-0.15, -0.1) is 11.3 Å². The summed E-state index contributed by atoms with van der Waals surface area (Å²) in [6, 6.07) is 4.43. The zero-order chi connectivity index (χ0) is 20.8. The van der Waals surface area contributed by atoms with Gasteiger partial charge >= 0.3 is 0 Å². The monoisotopic (exact) mass is 481 g/mol. The van der Waals surface area contributed by atoms with Crippen LogP contribution in [0.5, 0.6) is 0 Å². The zero-order valence-corrected chi connectivity index (χ0v) is 17.8. The SMILES string of the molecule is C[C@@H](N1CCc2cc(Br)sc2C1=N)[C@](O)(Cn1cncn1)c1ccc(F)cc1F. The molecule has 0 saturated carbocycles. The first-order chi connectivity index (χ1) is 13.8. The molecule has 152 valence electrons. The Kier molecular flexibility index (Phi) is 5.26. The molecule has 1 aromatic carbocycles. The summed E-state index contributed by atoms with van der Waals surface area (Å²) >= 11 is 4.91. The van der Waals surface area contributed by atoms with Crippen molar-refractivity contribution >= 4 is 33.1 Å². The third-order valence-corrected chi connectivity index (χ3v) is 7.02. The Labute approximate surface area is 178 Å². The number of hydrogen-bond donors (Lipinski definition) is 2. The molecule has 0 amide bonds. The van der Waals surface area contributed by atoms with E-state index in [0.29, 0.717) is 13.0 Å². The van der Waals surface area contributed by atoms with Gasteiger partial charge in [0.1, 0.15) is 35.7 Å². The smallest absolute Gasteiger partial charge is 0.139 e. The molecule has 1 aliphatic rings. The van der Waals surface area contributed by atoms with Crippen molar-refractivity contribution in [3.8, 4) is 0 Å². The van der Waals surface area contributed by atoms with Gasteiger partial charge in [-0.2, -0.15) is 5.10 Å². The molecule has 4 rings (SSSR count). The van der Waals surface area contributed by atoms with Crippen LogP contribution >= 0.6 is 27.3 Å². The van der Waals surface area contributed by atoms with E-state index in [9.17, 15) is 13.9 Å². The standard InChI is InChI=1S/C19H18BrF2N5OS/c1-11(27-5-4-12-6-16(20)29-17(12)18(27)23)19(28,8-26-10-24-9-25-26)14-3-2-13(21)7-15(14)22/h2-3,6-7,9-11,23,28H,4-5,8H2,1H3/t11-,19-/m1/s1. The summed E-state index contributed by atoms with van der Waals surface area (Å²) in [4.78, 5) is 6.46. The van der Waals surface area contributed by atoms with Crippen molar-refractivity contribution in [1.82, 2.24) is 19.7 Å². The highest BCUT2D eigenvalue weighted by molar-refractivity contribution is 9.11. The van der Waals surface area contributed by atoms with Gasteiger partial charge in [0.25, 0.3) is 0 Å². The van der Waals surface area contributed by atoms with E-state index in [-0.39, 0.29) is 17.9 Å². The normalized spacial score (nSPS) is 17.1. The number of fused-ring (bicyclic) bond motifs is 1. The van der Waals surface area contributed by atoms with E-state index < -0.39 is 23.3 Å². The third kappa shape index (κ3) is 3.60. The summed E-state index contributed by atoms with van der Waals surface area (Å²) in [5.74, 6) is -1.29. The van der Waals surface area contributed by atoms with Gasteiger partial charge in [0.2, 0.25) is 0 Å². The number of rotatable bonds is 5. The van der Waals surface area contributed by atoms with E-state index >= 15 is 0 Å². The Morgan fingerprint density at radius 1 is 1.38 bits per heavy atom. The van der Waals surface area contributed by atoms with Crippen LogP contribution < -0.4 is 0 Å².